The zero-order valence-corrected chi connectivity index (χ0v) is 13.8. The first-order valence-electron chi connectivity index (χ1n) is 7.21. The summed E-state index contributed by atoms with van der Waals surface area (Å²) in [7, 11) is -3.46. The van der Waals surface area contributed by atoms with Crippen molar-refractivity contribution in [3.63, 3.8) is 0 Å². The number of hydrogen-bond donors (Lipinski definition) is 0. The molecule has 0 radical (unpaired) electrons. The summed E-state index contributed by atoms with van der Waals surface area (Å²) in [5, 5.41) is 0. The Kier molecular flexibility index (Phi) is 4.56. The summed E-state index contributed by atoms with van der Waals surface area (Å²) in [5.74, 6) is 0. The van der Waals surface area contributed by atoms with Gasteiger partial charge in [0, 0.05) is 25.2 Å². The van der Waals surface area contributed by atoms with Crippen LogP contribution in [-0.2, 0) is 10.0 Å². The van der Waals surface area contributed by atoms with Crippen LogP contribution in [0.2, 0.25) is 0 Å². The maximum atomic E-state index is 12.8. The second-order valence-electron chi connectivity index (χ2n) is 6.35. The molecule has 116 valence electrons. The summed E-state index contributed by atoms with van der Waals surface area (Å²) < 4.78 is 27.1. The number of benzene rings is 1. The van der Waals surface area contributed by atoms with Gasteiger partial charge in [-0.3, -0.25) is 4.90 Å². The molecule has 0 bridgehead atoms. The lowest BCUT2D eigenvalue weighted by Gasteiger charge is -2.45. The Morgan fingerprint density at radius 1 is 1.19 bits per heavy atom. The molecule has 5 heteroatoms. The number of piperazine rings is 1. The number of nitrogens with zero attached hydrogens (tertiary/aromatic N) is 2. The van der Waals surface area contributed by atoms with Gasteiger partial charge in [-0.05, 0) is 32.9 Å². The highest BCUT2D eigenvalue weighted by Crippen LogP contribution is 2.25. The molecule has 0 saturated carbocycles. The van der Waals surface area contributed by atoms with Crippen LogP contribution in [-0.4, -0.2) is 48.8 Å². The van der Waals surface area contributed by atoms with Crippen LogP contribution in [0, 0.1) is 0 Å². The van der Waals surface area contributed by atoms with Crippen molar-refractivity contribution in [2.24, 2.45) is 0 Å². The maximum Gasteiger partial charge on any atom is 0.243 e. The van der Waals surface area contributed by atoms with Crippen LogP contribution in [0.3, 0.4) is 0 Å². The smallest absolute Gasteiger partial charge is 0.243 e. The number of rotatable bonds is 3. The summed E-state index contributed by atoms with van der Waals surface area (Å²) in [6, 6.07) is 8.42. The lowest BCUT2D eigenvalue weighted by Crippen LogP contribution is -2.58. The third-order valence-electron chi connectivity index (χ3n) is 3.94. The van der Waals surface area contributed by atoms with Crippen molar-refractivity contribution in [3.8, 4) is 0 Å². The van der Waals surface area contributed by atoms with E-state index >= 15 is 0 Å². The molecule has 21 heavy (non-hydrogen) atoms. The van der Waals surface area contributed by atoms with E-state index in [0.717, 1.165) is 6.54 Å². The Balaban J connectivity index is 2.27. The molecule has 1 heterocycles. The topological polar surface area (TPSA) is 40.6 Å². The standard InChI is InChI=1S/C16H24N2O2S/c1-5-14-13-17(16(2,3)4)11-12-18(14)21(19,20)15-9-7-6-8-10-15/h5-10,14H,1,11-13H2,2-4H3/t14-/m0/s1. The van der Waals surface area contributed by atoms with Gasteiger partial charge in [0.2, 0.25) is 10.0 Å². The molecule has 0 aromatic heterocycles. The molecule has 1 saturated heterocycles. The highest BCUT2D eigenvalue weighted by atomic mass is 32.2. The zero-order valence-electron chi connectivity index (χ0n) is 13.0. The van der Waals surface area contributed by atoms with Gasteiger partial charge in [-0.25, -0.2) is 8.42 Å². The average molecular weight is 308 g/mol. The van der Waals surface area contributed by atoms with E-state index in [1.54, 1.807) is 34.6 Å². The van der Waals surface area contributed by atoms with Crippen LogP contribution >= 0.6 is 0 Å². The molecule has 1 aromatic carbocycles. The Bertz CT molecular complexity index is 590. The molecule has 1 aliphatic heterocycles. The number of hydrogen-bond acceptors (Lipinski definition) is 3. The average Bonchev–Trinajstić information content (AvgIpc) is 2.46. The molecule has 1 aromatic rings. The first-order chi connectivity index (χ1) is 9.76. The van der Waals surface area contributed by atoms with E-state index in [-0.39, 0.29) is 11.6 Å². The maximum absolute atomic E-state index is 12.8. The molecule has 0 unspecified atom stereocenters. The highest BCUT2D eigenvalue weighted by molar-refractivity contribution is 7.89. The molecule has 0 amide bonds. The van der Waals surface area contributed by atoms with Crippen molar-refractivity contribution < 1.29 is 8.42 Å². The molecular weight excluding hydrogens is 284 g/mol. The van der Waals surface area contributed by atoms with E-state index in [1.807, 2.05) is 6.07 Å². The Morgan fingerprint density at radius 3 is 2.33 bits per heavy atom. The summed E-state index contributed by atoms with van der Waals surface area (Å²) in [6.07, 6.45) is 1.73. The predicted molar refractivity (Wildman–Crippen MR) is 85.6 cm³/mol. The van der Waals surface area contributed by atoms with Crippen LogP contribution in [0.25, 0.3) is 0 Å². The fourth-order valence-corrected chi connectivity index (χ4v) is 4.22. The van der Waals surface area contributed by atoms with Crippen LogP contribution < -0.4 is 0 Å². The SMILES string of the molecule is C=C[C@H]1CN(C(C)(C)C)CCN1S(=O)(=O)c1ccccc1. The van der Waals surface area contributed by atoms with E-state index in [9.17, 15) is 8.42 Å². The predicted octanol–water partition coefficient (Wildman–Crippen LogP) is 2.35. The van der Waals surface area contributed by atoms with Gasteiger partial charge in [0.05, 0.1) is 10.9 Å². The van der Waals surface area contributed by atoms with Crippen molar-refractivity contribution in [2.45, 2.75) is 37.2 Å². The molecule has 4 nitrogen and oxygen atoms in total. The number of sulfonamides is 1. The minimum atomic E-state index is -3.46. The van der Waals surface area contributed by atoms with E-state index in [2.05, 4.69) is 32.3 Å². The van der Waals surface area contributed by atoms with Crippen molar-refractivity contribution >= 4 is 10.0 Å². The third-order valence-corrected chi connectivity index (χ3v) is 5.88. The van der Waals surface area contributed by atoms with Crippen LogP contribution in [0.4, 0.5) is 0 Å². The summed E-state index contributed by atoms with van der Waals surface area (Å²) in [4.78, 5) is 2.65. The molecule has 0 N–H and O–H groups in total. The lowest BCUT2D eigenvalue weighted by atomic mass is 10.0. The van der Waals surface area contributed by atoms with Gasteiger partial charge in [0.15, 0.2) is 0 Å². The van der Waals surface area contributed by atoms with Gasteiger partial charge in [0.25, 0.3) is 0 Å². The lowest BCUT2D eigenvalue weighted by molar-refractivity contribution is 0.0730. The van der Waals surface area contributed by atoms with Crippen LogP contribution in [0.5, 0.6) is 0 Å². The minimum absolute atomic E-state index is 0.0316. The quantitative estimate of drug-likeness (QED) is 0.805. The Morgan fingerprint density at radius 2 is 1.81 bits per heavy atom. The molecule has 1 fully saturated rings. The van der Waals surface area contributed by atoms with Crippen molar-refractivity contribution in [2.75, 3.05) is 19.6 Å². The molecule has 1 atom stereocenters. The summed E-state index contributed by atoms with van der Waals surface area (Å²) >= 11 is 0. The normalized spacial score (nSPS) is 22.1. The van der Waals surface area contributed by atoms with Crippen molar-refractivity contribution in [1.29, 1.82) is 0 Å². The van der Waals surface area contributed by atoms with Crippen molar-refractivity contribution in [3.05, 3.63) is 43.0 Å². The largest absolute Gasteiger partial charge is 0.295 e. The van der Waals surface area contributed by atoms with Gasteiger partial charge in [-0.15, -0.1) is 6.58 Å². The molecule has 0 spiro atoms. The van der Waals surface area contributed by atoms with Gasteiger partial charge >= 0.3 is 0 Å². The first kappa shape index (κ1) is 16.2. The molecular formula is C16H24N2O2S. The van der Waals surface area contributed by atoms with Gasteiger partial charge < -0.3 is 0 Å². The zero-order chi connectivity index (χ0) is 15.7. The monoisotopic (exact) mass is 308 g/mol. The fourth-order valence-electron chi connectivity index (χ4n) is 2.62. The van der Waals surface area contributed by atoms with E-state index in [0.29, 0.717) is 18.0 Å². The van der Waals surface area contributed by atoms with Gasteiger partial charge in [-0.2, -0.15) is 4.31 Å². The van der Waals surface area contributed by atoms with E-state index in [4.69, 9.17) is 0 Å². The second-order valence-corrected chi connectivity index (χ2v) is 8.24. The molecule has 1 aliphatic rings. The Labute approximate surface area is 128 Å². The second kappa shape index (κ2) is 5.91. The van der Waals surface area contributed by atoms with Crippen LogP contribution in [0.1, 0.15) is 20.8 Å². The summed E-state index contributed by atoms with van der Waals surface area (Å²) in [6.45, 7) is 12.2. The van der Waals surface area contributed by atoms with E-state index in [1.165, 1.54) is 0 Å². The Hall–Kier alpha value is -1.17. The highest BCUT2D eigenvalue weighted by Gasteiger charge is 2.37. The fraction of sp³-hybridized carbons (Fsp3) is 0.500. The molecule has 2 rings (SSSR count). The van der Waals surface area contributed by atoms with Crippen molar-refractivity contribution in [1.82, 2.24) is 9.21 Å². The van der Waals surface area contributed by atoms with Gasteiger partial charge in [0.1, 0.15) is 0 Å². The molecule has 0 aliphatic carbocycles. The minimum Gasteiger partial charge on any atom is -0.295 e. The van der Waals surface area contributed by atoms with E-state index < -0.39 is 10.0 Å². The first-order valence-corrected chi connectivity index (χ1v) is 8.65. The van der Waals surface area contributed by atoms with Gasteiger partial charge in [-0.1, -0.05) is 24.3 Å². The van der Waals surface area contributed by atoms with Crippen LogP contribution in [0.15, 0.2) is 47.9 Å². The summed E-state index contributed by atoms with van der Waals surface area (Å²) in [5.41, 5.74) is 0.0316. The third kappa shape index (κ3) is 3.36.